The summed E-state index contributed by atoms with van der Waals surface area (Å²) in [6.45, 7) is 2.67. The number of aromatic carboxylic acids is 1. The van der Waals surface area contributed by atoms with E-state index >= 15 is 0 Å². The molecule has 0 aromatic heterocycles. The number of ether oxygens (including phenoxy) is 2. The molecule has 5 heteroatoms. The maximum Gasteiger partial charge on any atom is 0.335 e. The maximum atomic E-state index is 10.8. The van der Waals surface area contributed by atoms with E-state index in [1.54, 1.807) is 17.8 Å². The molecule has 0 saturated carbocycles. The molecule has 17 heavy (non-hydrogen) atoms. The van der Waals surface area contributed by atoms with E-state index in [1.165, 1.54) is 19.2 Å². The number of methoxy groups -OCH3 is 1. The number of hydrogen-bond acceptors (Lipinski definition) is 4. The zero-order valence-electron chi connectivity index (χ0n) is 9.93. The molecule has 0 atom stereocenters. The molecule has 0 radical (unpaired) electrons. The zero-order valence-corrected chi connectivity index (χ0v) is 10.8. The van der Waals surface area contributed by atoms with Crippen LogP contribution in [-0.4, -0.2) is 36.3 Å². The van der Waals surface area contributed by atoms with Crippen molar-refractivity contribution in [1.29, 1.82) is 0 Å². The lowest BCUT2D eigenvalue weighted by Gasteiger charge is -2.10. The second kappa shape index (κ2) is 7.06. The van der Waals surface area contributed by atoms with Crippen LogP contribution in [-0.2, 0) is 0 Å². The molecule has 94 valence electrons. The van der Waals surface area contributed by atoms with Crippen LogP contribution in [0.2, 0.25) is 0 Å². The first-order valence-electron chi connectivity index (χ1n) is 5.31. The van der Waals surface area contributed by atoms with Crippen molar-refractivity contribution in [3.8, 4) is 11.5 Å². The molecule has 0 fully saturated rings. The average Bonchev–Trinajstić information content (AvgIpc) is 2.34. The largest absolute Gasteiger partial charge is 0.493 e. The Hall–Kier alpha value is -1.36. The predicted octanol–water partition coefficient (Wildman–Crippen LogP) is 2.53. The predicted molar refractivity (Wildman–Crippen MR) is 68.4 cm³/mol. The fourth-order valence-corrected chi connectivity index (χ4v) is 1.76. The minimum Gasteiger partial charge on any atom is -0.493 e. The van der Waals surface area contributed by atoms with Crippen LogP contribution < -0.4 is 9.47 Å². The van der Waals surface area contributed by atoms with E-state index in [1.807, 2.05) is 0 Å². The van der Waals surface area contributed by atoms with Crippen LogP contribution >= 0.6 is 11.8 Å². The third-order valence-electron chi connectivity index (χ3n) is 2.10. The summed E-state index contributed by atoms with van der Waals surface area (Å²) in [4.78, 5) is 10.8. The highest BCUT2D eigenvalue weighted by molar-refractivity contribution is 7.99. The molecule has 0 heterocycles. The number of rotatable bonds is 7. The molecule has 0 spiro atoms. The van der Waals surface area contributed by atoms with Gasteiger partial charge in [0.15, 0.2) is 11.5 Å². The van der Waals surface area contributed by atoms with Crippen molar-refractivity contribution < 1.29 is 19.4 Å². The summed E-state index contributed by atoms with van der Waals surface area (Å²) in [6.07, 6.45) is 0. The third-order valence-corrected chi connectivity index (χ3v) is 2.96. The Kier molecular flexibility index (Phi) is 5.69. The number of hydrogen-bond donors (Lipinski definition) is 1. The van der Waals surface area contributed by atoms with E-state index in [-0.39, 0.29) is 5.56 Å². The van der Waals surface area contributed by atoms with Crippen molar-refractivity contribution in [3.63, 3.8) is 0 Å². The summed E-state index contributed by atoms with van der Waals surface area (Å²) >= 11 is 1.79. The van der Waals surface area contributed by atoms with E-state index in [2.05, 4.69) is 6.92 Å². The van der Waals surface area contributed by atoms with E-state index in [4.69, 9.17) is 14.6 Å². The van der Waals surface area contributed by atoms with Crippen LogP contribution in [0, 0.1) is 0 Å². The lowest BCUT2D eigenvalue weighted by molar-refractivity contribution is 0.0696. The maximum absolute atomic E-state index is 10.8. The highest BCUT2D eigenvalue weighted by atomic mass is 32.2. The molecular formula is C12H16O4S. The monoisotopic (exact) mass is 256 g/mol. The molecular weight excluding hydrogens is 240 g/mol. The number of thioether (sulfide) groups is 1. The lowest BCUT2D eigenvalue weighted by atomic mass is 10.2. The molecule has 1 aromatic carbocycles. The normalized spacial score (nSPS) is 10.0. The Morgan fingerprint density at radius 3 is 2.76 bits per heavy atom. The first-order valence-corrected chi connectivity index (χ1v) is 6.46. The van der Waals surface area contributed by atoms with Crippen LogP contribution in [0.4, 0.5) is 0 Å². The molecule has 1 N–H and O–H groups in total. The SMILES string of the molecule is CCSCCOc1ccc(C(=O)O)cc1OC. The van der Waals surface area contributed by atoms with Gasteiger partial charge in [-0.15, -0.1) is 0 Å². The van der Waals surface area contributed by atoms with Gasteiger partial charge in [-0.25, -0.2) is 4.79 Å². The van der Waals surface area contributed by atoms with Gasteiger partial charge in [0.1, 0.15) is 0 Å². The number of carbonyl (C=O) groups is 1. The quantitative estimate of drug-likeness (QED) is 0.760. The second-order valence-corrected chi connectivity index (χ2v) is 4.61. The molecule has 4 nitrogen and oxygen atoms in total. The molecule has 0 unspecified atom stereocenters. The van der Waals surface area contributed by atoms with Gasteiger partial charge in [-0.05, 0) is 24.0 Å². The summed E-state index contributed by atoms with van der Waals surface area (Å²) < 4.78 is 10.6. The van der Waals surface area contributed by atoms with Gasteiger partial charge in [-0.3, -0.25) is 0 Å². The molecule has 0 saturated heterocycles. The van der Waals surface area contributed by atoms with Crippen molar-refractivity contribution in [3.05, 3.63) is 23.8 Å². The molecule has 1 rings (SSSR count). The summed E-state index contributed by atoms with van der Waals surface area (Å²) in [5, 5.41) is 8.84. The summed E-state index contributed by atoms with van der Waals surface area (Å²) in [5.74, 6) is 2.01. The van der Waals surface area contributed by atoms with Crippen LogP contribution in [0.25, 0.3) is 0 Å². The van der Waals surface area contributed by atoms with Gasteiger partial charge < -0.3 is 14.6 Å². The number of carboxylic acid groups (broad SMARTS) is 1. The van der Waals surface area contributed by atoms with E-state index in [9.17, 15) is 4.79 Å². The topological polar surface area (TPSA) is 55.8 Å². The fraction of sp³-hybridized carbons (Fsp3) is 0.417. The van der Waals surface area contributed by atoms with Crippen molar-refractivity contribution in [1.82, 2.24) is 0 Å². The third kappa shape index (κ3) is 4.19. The highest BCUT2D eigenvalue weighted by Gasteiger charge is 2.09. The van der Waals surface area contributed by atoms with Crippen LogP contribution in [0.3, 0.4) is 0 Å². The van der Waals surface area contributed by atoms with E-state index in [0.29, 0.717) is 18.1 Å². The Labute approximate surface area is 105 Å². The summed E-state index contributed by atoms with van der Waals surface area (Å²) in [7, 11) is 1.49. The minimum atomic E-state index is -0.976. The first kappa shape index (κ1) is 13.7. The Morgan fingerprint density at radius 2 is 2.18 bits per heavy atom. The zero-order chi connectivity index (χ0) is 12.7. The molecule has 0 amide bonds. The fourth-order valence-electron chi connectivity index (χ4n) is 1.27. The van der Waals surface area contributed by atoms with Crippen LogP contribution in [0.5, 0.6) is 11.5 Å². The van der Waals surface area contributed by atoms with Crippen molar-refractivity contribution in [2.45, 2.75) is 6.92 Å². The lowest BCUT2D eigenvalue weighted by Crippen LogP contribution is -2.03. The minimum absolute atomic E-state index is 0.192. The molecule has 1 aromatic rings. The van der Waals surface area contributed by atoms with Gasteiger partial charge in [0.2, 0.25) is 0 Å². The molecule has 0 aliphatic heterocycles. The summed E-state index contributed by atoms with van der Waals surface area (Å²) in [5.41, 5.74) is 0.192. The van der Waals surface area contributed by atoms with Gasteiger partial charge in [0.05, 0.1) is 19.3 Å². The van der Waals surface area contributed by atoms with Crippen LogP contribution in [0.1, 0.15) is 17.3 Å². The molecule has 0 bridgehead atoms. The second-order valence-electron chi connectivity index (χ2n) is 3.22. The average molecular weight is 256 g/mol. The van der Waals surface area contributed by atoms with E-state index < -0.39 is 5.97 Å². The van der Waals surface area contributed by atoms with Crippen molar-refractivity contribution in [2.75, 3.05) is 25.2 Å². The standard InChI is InChI=1S/C12H16O4S/c1-3-17-7-6-16-10-5-4-9(12(13)14)8-11(10)15-2/h4-5,8H,3,6-7H2,1-2H3,(H,13,14). The number of carboxylic acids is 1. The smallest absolute Gasteiger partial charge is 0.335 e. The number of benzene rings is 1. The van der Waals surface area contributed by atoms with Crippen LogP contribution in [0.15, 0.2) is 18.2 Å². The Balaban J connectivity index is 2.68. The first-order chi connectivity index (χ1) is 8.19. The van der Waals surface area contributed by atoms with Gasteiger partial charge in [0, 0.05) is 5.75 Å². The molecule has 0 aliphatic rings. The van der Waals surface area contributed by atoms with E-state index in [0.717, 1.165) is 11.5 Å². The van der Waals surface area contributed by atoms with Gasteiger partial charge in [0.25, 0.3) is 0 Å². The van der Waals surface area contributed by atoms with Gasteiger partial charge >= 0.3 is 5.97 Å². The highest BCUT2D eigenvalue weighted by Crippen LogP contribution is 2.28. The Bertz CT molecular complexity index is 379. The summed E-state index contributed by atoms with van der Waals surface area (Å²) in [6, 6.07) is 4.59. The van der Waals surface area contributed by atoms with Crippen molar-refractivity contribution in [2.24, 2.45) is 0 Å². The van der Waals surface area contributed by atoms with Crippen molar-refractivity contribution >= 4 is 17.7 Å². The Morgan fingerprint density at radius 1 is 1.41 bits per heavy atom. The molecule has 0 aliphatic carbocycles. The van der Waals surface area contributed by atoms with Gasteiger partial charge in [-0.1, -0.05) is 6.92 Å². The van der Waals surface area contributed by atoms with Gasteiger partial charge in [-0.2, -0.15) is 11.8 Å².